The molecule has 1 amide bonds. The van der Waals surface area contributed by atoms with E-state index < -0.39 is 0 Å². The number of para-hydroxylation sites is 1. The van der Waals surface area contributed by atoms with Crippen LogP contribution in [0.1, 0.15) is 12.6 Å². The Hall–Kier alpha value is -1.81. The van der Waals surface area contributed by atoms with Crippen LogP contribution in [-0.4, -0.2) is 21.6 Å². The van der Waals surface area contributed by atoms with Gasteiger partial charge in [-0.2, -0.15) is 5.10 Å². The Balaban J connectivity index is 2.29. The fraction of sp³-hybridized carbons (Fsp3) is 0.286. The minimum absolute atomic E-state index is 0.105. The summed E-state index contributed by atoms with van der Waals surface area (Å²) >= 11 is 5.69. The molecule has 1 heterocycles. The van der Waals surface area contributed by atoms with Crippen molar-refractivity contribution in [3.05, 3.63) is 42.1 Å². The van der Waals surface area contributed by atoms with Gasteiger partial charge in [0, 0.05) is 17.9 Å². The lowest BCUT2D eigenvalue weighted by atomic mass is 10.2. The van der Waals surface area contributed by atoms with Crippen LogP contribution in [0.15, 0.2) is 36.4 Å². The zero-order valence-electron chi connectivity index (χ0n) is 10.9. The number of aryl methyl sites for hydroxylation is 1. The summed E-state index contributed by atoms with van der Waals surface area (Å²) in [4.78, 5) is 11.9. The smallest absolute Gasteiger partial charge is 0.229 e. The van der Waals surface area contributed by atoms with Crippen LogP contribution < -0.4 is 5.32 Å². The normalized spacial score (nSPS) is 12.2. The van der Waals surface area contributed by atoms with Gasteiger partial charge in [0.05, 0.1) is 11.4 Å². The Bertz CT molecular complexity index is 565. The van der Waals surface area contributed by atoms with E-state index in [0.29, 0.717) is 11.7 Å². The summed E-state index contributed by atoms with van der Waals surface area (Å²) < 4.78 is 1.72. The van der Waals surface area contributed by atoms with Gasteiger partial charge >= 0.3 is 0 Å². The number of anilines is 1. The molecule has 0 spiro atoms. The van der Waals surface area contributed by atoms with Crippen LogP contribution in [0, 0.1) is 12.8 Å². The molecule has 5 heteroatoms. The number of alkyl halides is 1. The first-order valence-electron chi connectivity index (χ1n) is 6.10. The van der Waals surface area contributed by atoms with Crippen molar-refractivity contribution in [2.24, 2.45) is 5.92 Å². The van der Waals surface area contributed by atoms with Crippen molar-refractivity contribution in [1.82, 2.24) is 9.78 Å². The van der Waals surface area contributed by atoms with Crippen LogP contribution in [0.4, 0.5) is 5.82 Å². The molecular weight excluding hydrogens is 262 g/mol. The molecule has 19 heavy (non-hydrogen) atoms. The van der Waals surface area contributed by atoms with E-state index >= 15 is 0 Å². The van der Waals surface area contributed by atoms with Gasteiger partial charge < -0.3 is 5.32 Å². The minimum Gasteiger partial charge on any atom is -0.310 e. The average molecular weight is 278 g/mol. The lowest BCUT2D eigenvalue weighted by Crippen LogP contribution is -2.23. The molecule has 1 aromatic heterocycles. The number of carbonyl (C=O) groups excluding carboxylic acids is 1. The number of nitrogens with one attached hydrogen (secondary N) is 1. The molecule has 1 unspecified atom stereocenters. The monoisotopic (exact) mass is 277 g/mol. The zero-order valence-corrected chi connectivity index (χ0v) is 11.7. The van der Waals surface area contributed by atoms with Crippen molar-refractivity contribution in [3.63, 3.8) is 0 Å². The number of rotatable bonds is 4. The van der Waals surface area contributed by atoms with Gasteiger partial charge in [-0.25, -0.2) is 4.68 Å². The first kappa shape index (κ1) is 13.6. The molecule has 2 rings (SSSR count). The summed E-state index contributed by atoms with van der Waals surface area (Å²) in [5, 5.41) is 7.25. The fourth-order valence-corrected chi connectivity index (χ4v) is 1.81. The van der Waals surface area contributed by atoms with Gasteiger partial charge in [0.1, 0.15) is 5.82 Å². The molecule has 0 radical (unpaired) electrons. The van der Waals surface area contributed by atoms with Crippen LogP contribution in [-0.2, 0) is 4.79 Å². The first-order chi connectivity index (χ1) is 9.11. The lowest BCUT2D eigenvalue weighted by molar-refractivity contribution is -0.118. The van der Waals surface area contributed by atoms with Crippen molar-refractivity contribution >= 4 is 23.3 Å². The highest BCUT2D eigenvalue weighted by Gasteiger charge is 2.15. The predicted molar refractivity (Wildman–Crippen MR) is 76.8 cm³/mol. The first-order valence-corrected chi connectivity index (χ1v) is 6.64. The van der Waals surface area contributed by atoms with Gasteiger partial charge in [-0.3, -0.25) is 4.79 Å². The Morgan fingerprint density at radius 3 is 2.74 bits per heavy atom. The van der Waals surface area contributed by atoms with Crippen molar-refractivity contribution in [1.29, 1.82) is 0 Å². The van der Waals surface area contributed by atoms with Gasteiger partial charge in [0.2, 0.25) is 5.91 Å². The van der Waals surface area contributed by atoms with E-state index in [4.69, 9.17) is 11.6 Å². The van der Waals surface area contributed by atoms with Crippen LogP contribution >= 0.6 is 11.6 Å². The van der Waals surface area contributed by atoms with Gasteiger partial charge in [-0.15, -0.1) is 11.6 Å². The van der Waals surface area contributed by atoms with E-state index in [1.807, 2.05) is 43.3 Å². The number of carbonyl (C=O) groups is 1. The fourth-order valence-electron chi connectivity index (χ4n) is 1.67. The van der Waals surface area contributed by atoms with Crippen LogP contribution in [0.5, 0.6) is 0 Å². The molecule has 0 aliphatic heterocycles. The molecule has 100 valence electrons. The molecule has 0 aliphatic carbocycles. The molecule has 2 aromatic rings. The number of hydrogen-bond donors (Lipinski definition) is 1. The summed E-state index contributed by atoms with van der Waals surface area (Å²) in [6.07, 6.45) is 0. The highest BCUT2D eigenvalue weighted by Crippen LogP contribution is 2.17. The lowest BCUT2D eigenvalue weighted by Gasteiger charge is -2.11. The largest absolute Gasteiger partial charge is 0.310 e. The predicted octanol–water partition coefficient (Wildman–Crippen LogP) is 2.99. The molecule has 0 aliphatic rings. The van der Waals surface area contributed by atoms with E-state index in [1.54, 1.807) is 11.6 Å². The third kappa shape index (κ3) is 3.15. The third-order valence-electron chi connectivity index (χ3n) is 2.76. The zero-order chi connectivity index (χ0) is 13.8. The molecule has 0 fully saturated rings. The number of benzene rings is 1. The van der Waals surface area contributed by atoms with Crippen LogP contribution in [0.25, 0.3) is 5.69 Å². The highest BCUT2D eigenvalue weighted by atomic mass is 35.5. The van der Waals surface area contributed by atoms with Crippen LogP contribution in [0.2, 0.25) is 0 Å². The number of nitrogens with zero attached hydrogens (tertiary/aromatic N) is 2. The summed E-state index contributed by atoms with van der Waals surface area (Å²) in [5.74, 6) is 0.614. The Kier molecular flexibility index (Phi) is 4.22. The van der Waals surface area contributed by atoms with Gasteiger partial charge in [0.15, 0.2) is 0 Å². The Morgan fingerprint density at radius 1 is 1.42 bits per heavy atom. The highest BCUT2D eigenvalue weighted by molar-refractivity contribution is 6.19. The second-order valence-corrected chi connectivity index (χ2v) is 4.77. The van der Waals surface area contributed by atoms with E-state index in [2.05, 4.69) is 10.4 Å². The molecule has 1 N–H and O–H groups in total. The van der Waals surface area contributed by atoms with Gasteiger partial charge in [-0.05, 0) is 19.1 Å². The number of halogens is 1. The maximum atomic E-state index is 11.9. The minimum atomic E-state index is -0.235. The van der Waals surface area contributed by atoms with E-state index in [-0.39, 0.29) is 11.8 Å². The van der Waals surface area contributed by atoms with Crippen molar-refractivity contribution in [2.45, 2.75) is 13.8 Å². The topological polar surface area (TPSA) is 46.9 Å². The van der Waals surface area contributed by atoms with E-state index in [1.165, 1.54) is 0 Å². The number of aromatic nitrogens is 2. The summed E-state index contributed by atoms with van der Waals surface area (Å²) in [6.45, 7) is 3.68. The standard InChI is InChI=1S/C14H16ClN3O/c1-10(9-15)14(19)16-13-8-11(2)17-18(13)12-6-4-3-5-7-12/h3-8,10H,9H2,1-2H3,(H,16,19). The molecular formula is C14H16ClN3O. The quantitative estimate of drug-likeness (QED) is 0.874. The van der Waals surface area contributed by atoms with Crippen molar-refractivity contribution in [3.8, 4) is 5.69 Å². The second kappa shape index (κ2) is 5.89. The molecule has 4 nitrogen and oxygen atoms in total. The van der Waals surface area contributed by atoms with Gasteiger partial charge in [0.25, 0.3) is 0 Å². The molecule has 0 saturated heterocycles. The summed E-state index contributed by atoms with van der Waals surface area (Å²) in [7, 11) is 0. The number of hydrogen-bond acceptors (Lipinski definition) is 2. The second-order valence-electron chi connectivity index (χ2n) is 4.46. The molecule has 0 saturated carbocycles. The third-order valence-corrected chi connectivity index (χ3v) is 3.23. The van der Waals surface area contributed by atoms with Crippen LogP contribution in [0.3, 0.4) is 0 Å². The number of amides is 1. The van der Waals surface area contributed by atoms with Crippen molar-refractivity contribution in [2.75, 3.05) is 11.2 Å². The maximum Gasteiger partial charge on any atom is 0.229 e. The summed E-state index contributed by atoms with van der Waals surface area (Å²) in [5.41, 5.74) is 1.75. The Labute approximate surface area is 117 Å². The van der Waals surface area contributed by atoms with Crippen molar-refractivity contribution < 1.29 is 4.79 Å². The Morgan fingerprint density at radius 2 is 2.11 bits per heavy atom. The average Bonchev–Trinajstić information content (AvgIpc) is 2.79. The van der Waals surface area contributed by atoms with Gasteiger partial charge in [-0.1, -0.05) is 25.1 Å². The van der Waals surface area contributed by atoms with E-state index in [0.717, 1.165) is 11.4 Å². The molecule has 0 bridgehead atoms. The SMILES string of the molecule is Cc1cc(NC(=O)C(C)CCl)n(-c2ccccc2)n1. The van der Waals surface area contributed by atoms with E-state index in [9.17, 15) is 4.79 Å². The molecule has 1 aromatic carbocycles. The molecule has 1 atom stereocenters. The maximum absolute atomic E-state index is 11.9. The summed E-state index contributed by atoms with van der Waals surface area (Å²) in [6, 6.07) is 11.5.